The molecule has 0 bridgehead atoms. The summed E-state index contributed by atoms with van der Waals surface area (Å²) in [7, 11) is 1.73. The average Bonchev–Trinajstić information content (AvgIpc) is 2.98. The van der Waals surface area contributed by atoms with Crippen molar-refractivity contribution in [1.29, 1.82) is 0 Å². The van der Waals surface area contributed by atoms with Crippen LogP contribution in [-0.2, 0) is 16.1 Å². The summed E-state index contributed by atoms with van der Waals surface area (Å²) in [4.78, 5) is 22.1. The van der Waals surface area contributed by atoms with Crippen molar-refractivity contribution in [3.05, 3.63) is 16.6 Å². The van der Waals surface area contributed by atoms with Gasteiger partial charge in [0, 0.05) is 37.8 Å². The first kappa shape index (κ1) is 14.0. The molecule has 0 aromatic carbocycles. The van der Waals surface area contributed by atoms with E-state index < -0.39 is 0 Å². The van der Waals surface area contributed by atoms with E-state index in [0.717, 1.165) is 52.2 Å². The molecule has 1 atom stereocenters. The predicted molar refractivity (Wildman–Crippen MR) is 77.5 cm³/mol. The highest BCUT2D eigenvalue weighted by atomic mass is 32.1. The molecule has 0 N–H and O–H groups in total. The van der Waals surface area contributed by atoms with Gasteiger partial charge in [-0.15, -0.1) is 11.3 Å². The van der Waals surface area contributed by atoms with Crippen LogP contribution in [0, 0.1) is 5.41 Å². The number of carbonyl (C=O) groups excluding carboxylic acids is 1. The van der Waals surface area contributed by atoms with Crippen molar-refractivity contribution in [2.24, 2.45) is 5.41 Å². The van der Waals surface area contributed by atoms with Crippen LogP contribution >= 0.6 is 11.3 Å². The fourth-order valence-corrected chi connectivity index (χ4v) is 3.94. The van der Waals surface area contributed by atoms with Gasteiger partial charge in [0.25, 0.3) is 0 Å². The second-order valence-electron chi connectivity index (χ2n) is 5.78. The summed E-state index contributed by atoms with van der Waals surface area (Å²) in [5.74, 6) is 0.327. The molecular weight excluding hydrogens is 274 g/mol. The lowest BCUT2D eigenvalue weighted by Gasteiger charge is -2.53. The molecule has 0 saturated carbocycles. The van der Waals surface area contributed by atoms with Gasteiger partial charge in [0.1, 0.15) is 0 Å². The van der Waals surface area contributed by atoms with E-state index in [9.17, 15) is 4.79 Å². The first-order valence-corrected chi connectivity index (χ1v) is 7.99. The number of nitrogens with zero attached hydrogens (tertiary/aromatic N) is 3. The third-order valence-electron chi connectivity index (χ3n) is 4.33. The van der Waals surface area contributed by atoms with E-state index in [2.05, 4.69) is 9.88 Å². The molecule has 20 heavy (non-hydrogen) atoms. The number of β-lactam (4-membered cyclic amide) rings is 1. The number of piperidine rings is 1. The summed E-state index contributed by atoms with van der Waals surface area (Å²) in [6.45, 7) is 5.29. The minimum absolute atomic E-state index is 0.114. The van der Waals surface area contributed by atoms with Crippen LogP contribution in [-0.4, -0.2) is 60.6 Å². The maximum Gasteiger partial charge on any atom is 0.232 e. The molecular formula is C14H21N3O2S. The number of ether oxygens (including phenoxy) is 1. The van der Waals surface area contributed by atoms with Gasteiger partial charge in [-0.25, -0.2) is 0 Å². The highest BCUT2D eigenvalue weighted by Crippen LogP contribution is 2.41. The van der Waals surface area contributed by atoms with E-state index in [1.165, 1.54) is 4.88 Å². The molecule has 0 unspecified atom stereocenters. The number of hydrogen-bond acceptors (Lipinski definition) is 5. The number of rotatable bonds is 5. The van der Waals surface area contributed by atoms with Crippen LogP contribution in [0.15, 0.2) is 11.7 Å². The Hall–Kier alpha value is -0.980. The lowest BCUT2D eigenvalue weighted by molar-refractivity contribution is -0.167. The van der Waals surface area contributed by atoms with Crippen molar-refractivity contribution in [2.45, 2.75) is 19.4 Å². The average molecular weight is 295 g/mol. The number of carbonyl (C=O) groups is 1. The van der Waals surface area contributed by atoms with Crippen LogP contribution in [0.3, 0.4) is 0 Å². The van der Waals surface area contributed by atoms with Crippen LogP contribution in [0.5, 0.6) is 0 Å². The van der Waals surface area contributed by atoms with E-state index in [1.807, 2.05) is 16.6 Å². The standard InChI is InChI=1S/C14H21N3O2S/c1-19-6-5-16-4-2-3-14(9-16)10-17(13(14)18)8-12-7-15-11-20-12/h7,11H,2-6,8-10H2,1H3/t14-/m1/s1. The van der Waals surface area contributed by atoms with Crippen molar-refractivity contribution in [3.63, 3.8) is 0 Å². The van der Waals surface area contributed by atoms with Crippen LogP contribution in [0.1, 0.15) is 17.7 Å². The summed E-state index contributed by atoms with van der Waals surface area (Å²) in [6, 6.07) is 0. The van der Waals surface area contributed by atoms with E-state index in [4.69, 9.17) is 4.74 Å². The molecule has 1 aromatic heterocycles. The Kier molecular flexibility index (Phi) is 4.05. The largest absolute Gasteiger partial charge is 0.383 e. The van der Waals surface area contributed by atoms with Crippen molar-refractivity contribution in [2.75, 3.05) is 39.9 Å². The number of methoxy groups -OCH3 is 1. The Balaban J connectivity index is 1.56. The molecule has 2 saturated heterocycles. The van der Waals surface area contributed by atoms with E-state index >= 15 is 0 Å². The number of thiazole rings is 1. The van der Waals surface area contributed by atoms with E-state index in [-0.39, 0.29) is 5.41 Å². The van der Waals surface area contributed by atoms with Crippen molar-refractivity contribution in [1.82, 2.24) is 14.8 Å². The molecule has 3 rings (SSSR count). The van der Waals surface area contributed by atoms with E-state index in [1.54, 1.807) is 18.4 Å². The maximum atomic E-state index is 12.5. The van der Waals surface area contributed by atoms with Crippen LogP contribution in [0.25, 0.3) is 0 Å². The van der Waals surface area contributed by atoms with Gasteiger partial charge in [-0.2, -0.15) is 0 Å². The second kappa shape index (κ2) is 5.79. The summed E-state index contributed by atoms with van der Waals surface area (Å²) < 4.78 is 5.14. The second-order valence-corrected chi connectivity index (χ2v) is 6.75. The quantitative estimate of drug-likeness (QED) is 0.766. The molecule has 110 valence electrons. The number of amides is 1. The lowest BCUT2D eigenvalue weighted by Crippen LogP contribution is -2.66. The van der Waals surface area contributed by atoms with Gasteiger partial charge in [-0.05, 0) is 19.4 Å². The third-order valence-corrected chi connectivity index (χ3v) is 5.10. The van der Waals surface area contributed by atoms with Gasteiger partial charge in [0.2, 0.25) is 5.91 Å². The monoisotopic (exact) mass is 295 g/mol. The maximum absolute atomic E-state index is 12.5. The first-order valence-electron chi connectivity index (χ1n) is 7.11. The Labute approximate surface area is 123 Å². The topological polar surface area (TPSA) is 45.7 Å². The van der Waals surface area contributed by atoms with Crippen LogP contribution < -0.4 is 0 Å². The molecule has 0 aliphatic carbocycles. The van der Waals surface area contributed by atoms with Gasteiger partial charge in [0.15, 0.2) is 0 Å². The predicted octanol–water partition coefficient (Wildman–Crippen LogP) is 1.21. The van der Waals surface area contributed by atoms with Crippen molar-refractivity contribution < 1.29 is 9.53 Å². The highest BCUT2D eigenvalue weighted by molar-refractivity contribution is 7.09. The molecule has 1 aromatic rings. The van der Waals surface area contributed by atoms with Crippen molar-refractivity contribution in [3.8, 4) is 0 Å². The van der Waals surface area contributed by atoms with Crippen molar-refractivity contribution >= 4 is 17.2 Å². The molecule has 1 amide bonds. The molecule has 6 heteroatoms. The van der Waals surface area contributed by atoms with Gasteiger partial charge >= 0.3 is 0 Å². The molecule has 2 aliphatic rings. The molecule has 2 aliphatic heterocycles. The Bertz CT molecular complexity index is 465. The van der Waals surface area contributed by atoms with Gasteiger partial charge in [0.05, 0.1) is 24.1 Å². The minimum Gasteiger partial charge on any atom is -0.383 e. The number of hydrogen-bond donors (Lipinski definition) is 0. The van der Waals surface area contributed by atoms with Crippen LogP contribution in [0.2, 0.25) is 0 Å². The van der Waals surface area contributed by atoms with E-state index in [0.29, 0.717) is 5.91 Å². The smallest absolute Gasteiger partial charge is 0.232 e. The summed E-state index contributed by atoms with van der Waals surface area (Å²) in [5, 5.41) is 0. The van der Waals surface area contributed by atoms with Gasteiger partial charge in [-0.3, -0.25) is 14.7 Å². The first-order chi connectivity index (χ1) is 9.73. The fourth-order valence-electron chi connectivity index (χ4n) is 3.33. The minimum atomic E-state index is -0.114. The number of likely N-dealkylation sites (tertiary alicyclic amines) is 2. The zero-order chi connectivity index (χ0) is 14.0. The normalized spacial score (nSPS) is 27.1. The zero-order valence-electron chi connectivity index (χ0n) is 11.9. The highest BCUT2D eigenvalue weighted by Gasteiger charge is 2.53. The Morgan fingerprint density at radius 1 is 1.50 bits per heavy atom. The molecule has 0 radical (unpaired) electrons. The Morgan fingerprint density at radius 2 is 2.40 bits per heavy atom. The number of aromatic nitrogens is 1. The molecule has 1 spiro atoms. The molecule has 5 nitrogen and oxygen atoms in total. The van der Waals surface area contributed by atoms with Crippen LogP contribution in [0.4, 0.5) is 0 Å². The fraction of sp³-hybridized carbons (Fsp3) is 0.714. The Morgan fingerprint density at radius 3 is 3.10 bits per heavy atom. The summed E-state index contributed by atoms with van der Waals surface area (Å²) in [5.41, 5.74) is 1.71. The zero-order valence-corrected chi connectivity index (χ0v) is 12.7. The lowest BCUT2D eigenvalue weighted by atomic mass is 9.72. The summed E-state index contributed by atoms with van der Waals surface area (Å²) >= 11 is 1.62. The van der Waals surface area contributed by atoms with Gasteiger partial charge in [-0.1, -0.05) is 0 Å². The summed E-state index contributed by atoms with van der Waals surface area (Å²) in [6.07, 6.45) is 4.01. The molecule has 3 heterocycles. The third kappa shape index (κ3) is 2.60. The SMILES string of the molecule is COCCN1CCC[C@@]2(C1)CN(Cc1cncs1)C2=O. The van der Waals surface area contributed by atoms with Gasteiger partial charge < -0.3 is 9.64 Å². The molecule has 2 fully saturated rings.